The van der Waals surface area contributed by atoms with Gasteiger partial charge in [0, 0.05) is 30.7 Å². The van der Waals surface area contributed by atoms with Crippen LogP contribution in [0.5, 0.6) is 0 Å². The summed E-state index contributed by atoms with van der Waals surface area (Å²) in [6, 6.07) is 10.4. The number of carbonyl (C=O) groups is 2. The Kier molecular flexibility index (Phi) is 6.08. The molecule has 0 bridgehead atoms. The third-order valence-corrected chi connectivity index (χ3v) is 7.53. The highest BCUT2D eigenvalue weighted by Gasteiger charge is 2.46. The Balaban J connectivity index is 1.22. The van der Waals surface area contributed by atoms with E-state index in [-0.39, 0.29) is 23.2 Å². The fourth-order valence-corrected chi connectivity index (χ4v) is 5.18. The Morgan fingerprint density at radius 3 is 2.69 bits per heavy atom. The zero-order valence-electron chi connectivity index (χ0n) is 22.3. The lowest BCUT2D eigenvalue weighted by Gasteiger charge is -2.30. The van der Waals surface area contributed by atoms with Crippen molar-refractivity contribution in [2.45, 2.75) is 63.5 Å². The Morgan fingerprint density at radius 2 is 2.00 bits per heavy atom. The lowest BCUT2D eigenvalue weighted by molar-refractivity contribution is -0.119. The van der Waals surface area contributed by atoms with Gasteiger partial charge in [-0.1, -0.05) is 50.2 Å². The number of hydrogen-bond donors (Lipinski definition) is 3. The van der Waals surface area contributed by atoms with Crippen LogP contribution in [-0.2, 0) is 15.7 Å². The Bertz CT molecular complexity index is 1510. The summed E-state index contributed by atoms with van der Waals surface area (Å²) >= 11 is 0. The Morgan fingerprint density at radius 1 is 1.21 bits per heavy atom. The monoisotopic (exact) mass is 528 g/mol. The molecule has 39 heavy (non-hydrogen) atoms. The number of nitrogens with one attached hydrogen (secondary N) is 3. The van der Waals surface area contributed by atoms with Crippen LogP contribution in [0.25, 0.3) is 22.2 Å². The van der Waals surface area contributed by atoms with Crippen molar-refractivity contribution in [3.63, 3.8) is 0 Å². The fraction of sp³-hybridized carbons (Fsp3) is 0.429. The summed E-state index contributed by atoms with van der Waals surface area (Å²) in [5.41, 5.74) is 2.99. The van der Waals surface area contributed by atoms with Gasteiger partial charge < -0.3 is 20.1 Å². The quantitative estimate of drug-likeness (QED) is 0.308. The normalized spacial score (nSPS) is 18.6. The lowest BCUT2D eigenvalue weighted by Crippen LogP contribution is -2.41. The maximum atomic E-state index is 12.9. The average molecular weight is 529 g/mol. The van der Waals surface area contributed by atoms with Crippen LogP contribution in [0.3, 0.4) is 0 Å². The summed E-state index contributed by atoms with van der Waals surface area (Å²) < 4.78 is 5.29. The number of carbonyl (C=O) groups excluding carboxylic acids is 2. The molecule has 0 radical (unpaired) electrons. The van der Waals surface area contributed by atoms with Gasteiger partial charge in [-0.15, -0.1) is 0 Å². The number of hydrogen-bond acceptors (Lipinski definition) is 8. The van der Waals surface area contributed by atoms with E-state index in [1.54, 1.807) is 11.1 Å². The van der Waals surface area contributed by atoms with Crippen LogP contribution in [0.15, 0.2) is 41.1 Å². The molecule has 1 unspecified atom stereocenters. The largest absolute Gasteiger partial charge is 0.364 e. The van der Waals surface area contributed by atoms with Crippen molar-refractivity contribution in [2.75, 3.05) is 18.4 Å². The minimum Gasteiger partial charge on any atom is -0.364 e. The van der Waals surface area contributed by atoms with Gasteiger partial charge >= 0.3 is 0 Å². The van der Waals surface area contributed by atoms with E-state index in [0.717, 1.165) is 66.5 Å². The minimum absolute atomic E-state index is 0.0520. The molecule has 11 nitrogen and oxygen atoms in total. The number of anilines is 1. The van der Waals surface area contributed by atoms with E-state index >= 15 is 0 Å². The topological polar surface area (TPSA) is 142 Å². The summed E-state index contributed by atoms with van der Waals surface area (Å²) in [6.07, 6.45) is 6.28. The standard InChI is InChI=1S/C28H32N8O3/c1-27(2,3)26-31-24(35-39-26)25(38)32-28(11-12-28)18-8-6-17(7-9-18)20-10-13-29-22-21(20)23(34-33-22)30-19-5-4-14-36(15-19)16-37/h6-10,13,16,19H,4-5,11-12,14-15H2,1-3H3,(H,32,38)(H2,29,30,33,34). The van der Waals surface area contributed by atoms with Crippen LogP contribution >= 0.6 is 0 Å². The number of benzene rings is 1. The molecule has 11 heteroatoms. The van der Waals surface area contributed by atoms with Crippen molar-refractivity contribution in [2.24, 2.45) is 0 Å². The highest BCUT2D eigenvalue weighted by atomic mass is 16.5. The minimum atomic E-state index is -0.431. The van der Waals surface area contributed by atoms with Gasteiger partial charge in [-0.2, -0.15) is 10.1 Å². The van der Waals surface area contributed by atoms with Gasteiger partial charge in [-0.25, -0.2) is 4.98 Å². The van der Waals surface area contributed by atoms with Crippen molar-refractivity contribution in [1.82, 2.24) is 35.5 Å². The maximum Gasteiger partial charge on any atom is 0.293 e. The number of likely N-dealkylation sites (tertiary alicyclic amines) is 1. The van der Waals surface area contributed by atoms with E-state index < -0.39 is 5.54 Å². The molecule has 1 saturated carbocycles. The predicted molar refractivity (Wildman–Crippen MR) is 145 cm³/mol. The number of nitrogens with zero attached hydrogens (tertiary/aromatic N) is 5. The fourth-order valence-electron chi connectivity index (χ4n) is 5.18. The number of fused-ring (bicyclic) bond motifs is 1. The molecule has 202 valence electrons. The van der Waals surface area contributed by atoms with Gasteiger partial charge in [0.25, 0.3) is 11.7 Å². The van der Waals surface area contributed by atoms with Gasteiger partial charge in [0.1, 0.15) is 0 Å². The molecule has 0 spiro atoms. The van der Waals surface area contributed by atoms with E-state index in [9.17, 15) is 9.59 Å². The molecule has 3 aromatic heterocycles. The van der Waals surface area contributed by atoms with Crippen molar-refractivity contribution >= 4 is 29.2 Å². The van der Waals surface area contributed by atoms with Gasteiger partial charge in [-0.05, 0) is 48.4 Å². The smallest absolute Gasteiger partial charge is 0.293 e. The van der Waals surface area contributed by atoms with E-state index in [4.69, 9.17) is 4.52 Å². The molecule has 2 fully saturated rings. The molecule has 4 heterocycles. The first-order valence-corrected chi connectivity index (χ1v) is 13.3. The second-order valence-electron chi connectivity index (χ2n) is 11.5. The first-order valence-electron chi connectivity index (χ1n) is 13.3. The molecule has 1 aliphatic carbocycles. The SMILES string of the molecule is CC(C)(C)c1nc(C(=O)NC2(c3ccc(-c4ccnc5[nH]nc(NC6CCCN(C=O)C6)c45)cc3)CC2)no1. The number of rotatable bonds is 7. The Labute approximate surface area is 225 Å². The summed E-state index contributed by atoms with van der Waals surface area (Å²) in [4.78, 5) is 34.7. The number of aromatic amines is 1. The van der Waals surface area contributed by atoms with Crippen LogP contribution < -0.4 is 10.6 Å². The van der Waals surface area contributed by atoms with E-state index in [1.807, 2.05) is 26.8 Å². The van der Waals surface area contributed by atoms with Crippen molar-refractivity contribution < 1.29 is 14.1 Å². The number of aromatic nitrogens is 5. The second-order valence-corrected chi connectivity index (χ2v) is 11.5. The molecular formula is C28H32N8O3. The third kappa shape index (κ3) is 4.84. The molecule has 6 rings (SSSR count). The van der Waals surface area contributed by atoms with Gasteiger partial charge in [-0.3, -0.25) is 14.7 Å². The molecule has 1 atom stereocenters. The highest BCUT2D eigenvalue weighted by Crippen LogP contribution is 2.46. The van der Waals surface area contributed by atoms with Crippen LogP contribution in [-0.4, -0.2) is 61.7 Å². The number of piperidine rings is 1. The number of amides is 2. The zero-order chi connectivity index (χ0) is 27.2. The van der Waals surface area contributed by atoms with Crippen LogP contribution in [0, 0.1) is 0 Å². The molecule has 1 aliphatic heterocycles. The van der Waals surface area contributed by atoms with Crippen LogP contribution in [0.2, 0.25) is 0 Å². The second kappa shape index (κ2) is 9.48. The first-order chi connectivity index (χ1) is 18.8. The zero-order valence-corrected chi connectivity index (χ0v) is 22.3. The summed E-state index contributed by atoms with van der Waals surface area (Å²) in [5, 5.41) is 19.0. The van der Waals surface area contributed by atoms with E-state index in [2.05, 4.69) is 60.2 Å². The number of H-pyrrole nitrogens is 1. The molecule has 1 aromatic carbocycles. The molecule has 3 N–H and O–H groups in total. The first kappa shape index (κ1) is 25.0. The summed E-state index contributed by atoms with van der Waals surface area (Å²) in [5.74, 6) is 0.881. The Hall–Kier alpha value is -4.28. The average Bonchev–Trinajstić information content (AvgIpc) is 3.33. The maximum absolute atomic E-state index is 12.9. The lowest BCUT2D eigenvalue weighted by atomic mass is 9.97. The summed E-state index contributed by atoms with van der Waals surface area (Å²) in [6.45, 7) is 7.32. The molecular weight excluding hydrogens is 496 g/mol. The van der Waals surface area contributed by atoms with Crippen LogP contribution in [0.1, 0.15) is 68.5 Å². The van der Waals surface area contributed by atoms with Gasteiger partial charge in [0.05, 0.1) is 10.9 Å². The predicted octanol–water partition coefficient (Wildman–Crippen LogP) is 3.76. The van der Waals surface area contributed by atoms with Gasteiger partial charge in [0.15, 0.2) is 11.5 Å². The molecule has 2 aliphatic rings. The molecule has 4 aromatic rings. The van der Waals surface area contributed by atoms with Crippen molar-refractivity contribution in [1.29, 1.82) is 0 Å². The van der Waals surface area contributed by atoms with Crippen molar-refractivity contribution in [3.8, 4) is 11.1 Å². The van der Waals surface area contributed by atoms with E-state index in [1.165, 1.54) is 0 Å². The van der Waals surface area contributed by atoms with Crippen molar-refractivity contribution in [3.05, 3.63) is 53.8 Å². The molecule has 2 amide bonds. The highest BCUT2D eigenvalue weighted by molar-refractivity contribution is 6.00. The number of pyridine rings is 1. The molecule has 1 saturated heterocycles. The van der Waals surface area contributed by atoms with Crippen LogP contribution in [0.4, 0.5) is 5.82 Å². The third-order valence-electron chi connectivity index (χ3n) is 7.53. The summed E-state index contributed by atoms with van der Waals surface area (Å²) in [7, 11) is 0. The van der Waals surface area contributed by atoms with E-state index in [0.29, 0.717) is 18.1 Å². The van der Waals surface area contributed by atoms with Gasteiger partial charge in [0.2, 0.25) is 12.3 Å².